The summed E-state index contributed by atoms with van der Waals surface area (Å²) in [7, 11) is 1.62. The van der Waals surface area contributed by atoms with Crippen LogP contribution < -0.4 is 20.1 Å². The zero-order valence-corrected chi connectivity index (χ0v) is 19.8. The van der Waals surface area contributed by atoms with E-state index >= 15 is 0 Å². The number of rotatable bonds is 6. The van der Waals surface area contributed by atoms with Gasteiger partial charge in [-0.1, -0.05) is 36.7 Å². The molecular weight excluding hydrogens is 454 g/mol. The molecule has 0 fully saturated rings. The predicted octanol–water partition coefficient (Wildman–Crippen LogP) is 5.69. The Kier molecular flexibility index (Phi) is 7.23. The van der Waals surface area contributed by atoms with E-state index < -0.39 is 12.1 Å². The number of nitrogens with zero attached hydrogens (tertiary/aromatic N) is 1. The number of ether oxygens (including phenoxy) is 2. The highest BCUT2D eigenvalue weighted by Gasteiger charge is 2.30. The molecule has 34 heavy (non-hydrogen) atoms. The maximum absolute atomic E-state index is 13.2. The highest BCUT2D eigenvalue weighted by atomic mass is 35.5. The van der Waals surface area contributed by atoms with Crippen molar-refractivity contribution in [3.8, 4) is 11.5 Å². The number of amides is 3. The van der Waals surface area contributed by atoms with Gasteiger partial charge in [0.15, 0.2) is 6.10 Å². The lowest BCUT2D eigenvalue weighted by Crippen LogP contribution is -2.38. The fourth-order valence-electron chi connectivity index (χ4n) is 3.79. The van der Waals surface area contributed by atoms with Crippen LogP contribution in [0.5, 0.6) is 11.5 Å². The van der Waals surface area contributed by atoms with Crippen LogP contribution in [-0.4, -0.2) is 30.1 Å². The molecule has 3 aromatic rings. The lowest BCUT2D eigenvalue weighted by Gasteiger charge is -2.23. The van der Waals surface area contributed by atoms with Crippen molar-refractivity contribution in [1.82, 2.24) is 4.90 Å². The SMILES string of the molecule is CC[C@@H]1Oc2ccc(NC(=O)Nc3cccc(Cl)c3)cc2CN(Cc2ccc(OC)cc2)C1=O. The van der Waals surface area contributed by atoms with Crippen molar-refractivity contribution in [2.45, 2.75) is 32.5 Å². The van der Waals surface area contributed by atoms with Gasteiger partial charge in [-0.05, 0) is 60.5 Å². The lowest BCUT2D eigenvalue weighted by atomic mass is 10.1. The second kappa shape index (κ2) is 10.5. The molecule has 7 nitrogen and oxygen atoms in total. The molecule has 1 aliphatic heterocycles. The average molecular weight is 480 g/mol. The van der Waals surface area contributed by atoms with E-state index in [1.54, 1.807) is 48.4 Å². The Balaban J connectivity index is 1.52. The van der Waals surface area contributed by atoms with E-state index in [9.17, 15) is 9.59 Å². The molecule has 0 spiro atoms. The first kappa shape index (κ1) is 23.4. The summed E-state index contributed by atoms with van der Waals surface area (Å²) in [5.74, 6) is 1.33. The van der Waals surface area contributed by atoms with Crippen LogP contribution in [0.15, 0.2) is 66.7 Å². The lowest BCUT2D eigenvalue weighted by molar-refractivity contribution is -0.139. The first-order valence-electron chi connectivity index (χ1n) is 11.0. The summed E-state index contributed by atoms with van der Waals surface area (Å²) in [6.07, 6.45) is -0.0103. The Bertz CT molecular complexity index is 1180. The zero-order valence-electron chi connectivity index (χ0n) is 19.0. The Morgan fingerprint density at radius 2 is 1.82 bits per heavy atom. The van der Waals surface area contributed by atoms with E-state index in [-0.39, 0.29) is 5.91 Å². The van der Waals surface area contributed by atoms with E-state index in [1.165, 1.54) is 0 Å². The van der Waals surface area contributed by atoms with Crippen molar-refractivity contribution in [3.05, 3.63) is 82.9 Å². The number of halogens is 1. The van der Waals surface area contributed by atoms with Gasteiger partial charge in [-0.3, -0.25) is 4.79 Å². The van der Waals surface area contributed by atoms with Crippen LogP contribution in [0.2, 0.25) is 5.02 Å². The van der Waals surface area contributed by atoms with Gasteiger partial charge in [-0.15, -0.1) is 0 Å². The smallest absolute Gasteiger partial charge is 0.323 e. The Morgan fingerprint density at radius 1 is 1.09 bits per heavy atom. The number of nitrogens with one attached hydrogen (secondary N) is 2. The third kappa shape index (κ3) is 5.61. The maximum Gasteiger partial charge on any atom is 0.323 e. The quantitative estimate of drug-likeness (QED) is 0.475. The van der Waals surface area contributed by atoms with Crippen molar-refractivity contribution in [2.24, 2.45) is 0 Å². The number of anilines is 2. The summed E-state index contributed by atoms with van der Waals surface area (Å²) >= 11 is 5.98. The van der Waals surface area contributed by atoms with Crippen molar-refractivity contribution in [2.75, 3.05) is 17.7 Å². The summed E-state index contributed by atoms with van der Waals surface area (Å²) in [4.78, 5) is 27.4. The molecule has 0 saturated heterocycles. The molecule has 4 rings (SSSR count). The summed E-state index contributed by atoms with van der Waals surface area (Å²) in [6, 6.07) is 19.5. The largest absolute Gasteiger partial charge is 0.497 e. The number of fused-ring (bicyclic) bond motifs is 1. The number of carbonyl (C=O) groups excluding carboxylic acids is 2. The van der Waals surface area contributed by atoms with Gasteiger partial charge in [0.2, 0.25) is 0 Å². The van der Waals surface area contributed by atoms with Gasteiger partial charge in [0, 0.05) is 35.1 Å². The number of carbonyl (C=O) groups is 2. The molecule has 1 atom stereocenters. The molecule has 0 saturated carbocycles. The minimum atomic E-state index is -0.565. The number of hydrogen-bond acceptors (Lipinski definition) is 4. The molecule has 1 heterocycles. The molecule has 0 aromatic heterocycles. The Morgan fingerprint density at radius 3 is 2.50 bits per heavy atom. The fraction of sp³-hybridized carbons (Fsp3) is 0.231. The molecule has 8 heteroatoms. The molecule has 2 N–H and O–H groups in total. The van der Waals surface area contributed by atoms with Gasteiger partial charge in [-0.25, -0.2) is 4.79 Å². The molecule has 0 aliphatic carbocycles. The predicted molar refractivity (Wildman–Crippen MR) is 132 cm³/mol. The molecule has 0 unspecified atom stereocenters. The van der Waals surface area contributed by atoms with E-state index in [0.29, 0.717) is 41.7 Å². The summed E-state index contributed by atoms with van der Waals surface area (Å²) in [5, 5.41) is 6.12. The molecule has 3 amide bonds. The highest BCUT2D eigenvalue weighted by Crippen LogP contribution is 2.30. The maximum atomic E-state index is 13.2. The Labute approximate surface area is 203 Å². The van der Waals surface area contributed by atoms with Crippen molar-refractivity contribution in [1.29, 1.82) is 0 Å². The molecule has 3 aromatic carbocycles. The molecule has 176 valence electrons. The van der Waals surface area contributed by atoms with Crippen LogP contribution in [0.1, 0.15) is 24.5 Å². The highest BCUT2D eigenvalue weighted by molar-refractivity contribution is 6.30. The normalized spacial score (nSPS) is 15.1. The third-order valence-corrected chi connectivity index (χ3v) is 5.76. The van der Waals surface area contributed by atoms with Crippen LogP contribution in [0, 0.1) is 0 Å². The minimum Gasteiger partial charge on any atom is -0.497 e. The standard InChI is InChI=1S/C26H26ClN3O4/c1-3-23-25(31)30(15-17-7-10-22(33-2)11-8-17)16-18-13-21(9-12-24(18)34-23)29-26(32)28-20-6-4-5-19(27)14-20/h4-14,23H,3,15-16H2,1-2H3,(H2,28,29,32)/t23-/m0/s1. The summed E-state index contributed by atoms with van der Waals surface area (Å²) in [5.41, 5.74) is 2.99. The fourth-order valence-corrected chi connectivity index (χ4v) is 3.98. The van der Waals surface area contributed by atoms with Crippen LogP contribution in [0.25, 0.3) is 0 Å². The van der Waals surface area contributed by atoms with Crippen molar-refractivity contribution >= 4 is 34.9 Å². The van der Waals surface area contributed by atoms with Gasteiger partial charge in [0.25, 0.3) is 5.91 Å². The Hall–Kier alpha value is -3.71. The van der Waals surface area contributed by atoms with Gasteiger partial charge in [-0.2, -0.15) is 0 Å². The minimum absolute atomic E-state index is 0.0669. The third-order valence-electron chi connectivity index (χ3n) is 5.52. The van der Waals surface area contributed by atoms with Crippen LogP contribution in [0.3, 0.4) is 0 Å². The molecule has 0 bridgehead atoms. The van der Waals surface area contributed by atoms with Gasteiger partial charge in [0.1, 0.15) is 11.5 Å². The average Bonchev–Trinajstić information content (AvgIpc) is 2.95. The van der Waals surface area contributed by atoms with E-state index in [2.05, 4.69) is 10.6 Å². The second-order valence-electron chi connectivity index (χ2n) is 7.97. The number of methoxy groups -OCH3 is 1. The van der Waals surface area contributed by atoms with Crippen LogP contribution >= 0.6 is 11.6 Å². The summed E-state index contributed by atoms with van der Waals surface area (Å²) in [6.45, 7) is 2.73. The van der Waals surface area contributed by atoms with Crippen molar-refractivity contribution < 1.29 is 19.1 Å². The molecular formula is C26H26ClN3O4. The van der Waals surface area contributed by atoms with Crippen molar-refractivity contribution in [3.63, 3.8) is 0 Å². The second-order valence-corrected chi connectivity index (χ2v) is 8.41. The zero-order chi connectivity index (χ0) is 24.1. The van der Waals surface area contributed by atoms with E-state index in [1.807, 2.05) is 37.3 Å². The molecule has 1 aliphatic rings. The number of hydrogen-bond donors (Lipinski definition) is 2. The van der Waals surface area contributed by atoms with Gasteiger partial charge >= 0.3 is 6.03 Å². The van der Waals surface area contributed by atoms with E-state index in [0.717, 1.165) is 16.9 Å². The van der Waals surface area contributed by atoms with E-state index in [4.69, 9.17) is 21.1 Å². The van der Waals surface area contributed by atoms with Crippen LogP contribution in [-0.2, 0) is 17.9 Å². The van der Waals surface area contributed by atoms with Gasteiger partial charge in [0.05, 0.1) is 7.11 Å². The first-order valence-corrected chi connectivity index (χ1v) is 11.4. The number of urea groups is 1. The topological polar surface area (TPSA) is 79.9 Å². The summed E-state index contributed by atoms with van der Waals surface area (Å²) < 4.78 is 11.3. The first-order chi connectivity index (χ1) is 16.4. The number of benzene rings is 3. The monoisotopic (exact) mass is 479 g/mol. The molecule has 0 radical (unpaired) electrons. The van der Waals surface area contributed by atoms with Gasteiger partial charge < -0.3 is 25.0 Å². The van der Waals surface area contributed by atoms with Crippen LogP contribution in [0.4, 0.5) is 16.2 Å².